The zero-order valence-electron chi connectivity index (χ0n) is 15.5. The summed E-state index contributed by atoms with van der Waals surface area (Å²) in [4.78, 5) is 27.9. The van der Waals surface area contributed by atoms with Gasteiger partial charge in [0.05, 0.1) is 0 Å². The van der Waals surface area contributed by atoms with Crippen LogP contribution in [-0.2, 0) is 0 Å². The molecule has 0 saturated carbocycles. The lowest BCUT2D eigenvalue weighted by molar-refractivity contribution is 0.0948. The van der Waals surface area contributed by atoms with Crippen molar-refractivity contribution < 1.29 is 9.59 Å². The van der Waals surface area contributed by atoms with E-state index in [0.717, 1.165) is 20.9 Å². The van der Waals surface area contributed by atoms with Crippen molar-refractivity contribution in [2.24, 2.45) is 5.92 Å². The van der Waals surface area contributed by atoms with Crippen molar-refractivity contribution in [3.8, 4) is 0 Å². The molecule has 0 radical (unpaired) electrons. The molecule has 2 amide bonds. The van der Waals surface area contributed by atoms with Crippen LogP contribution in [0.2, 0.25) is 0 Å². The van der Waals surface area contributed by atoms with Crippen molar-refractivity contribution in [1.82, 2.24) is 10.3 Å². The van der Waals surface area contributed by atoms with Gasteiger partial charge in [-0.3, -0.25) is 9.59 Å². The summed E-state index contributed by atoms with van der Waals surface area (Å²) in [5.74, 6) is 0.0684. The molecule has 1 heterocycles. The zero-order chi connectivity index (χ0) is 19.6. The second kappa shape index (κ2) is 7.96. The number of benzene rings is 2. The first-order valence-corrected chi connectivity index (χ1v) is 9.61. The fraction of sp³-hybridized carbons (Fsp3) is 0.238. The Labute approximate surface area is 166 Å². The van der Waals surface area contributed by atoms with Gasteiger partial charge in [-0.2, -0.15) is 0 Å². The first-order chi connectivity index (χ1) is 12.8. The summed E-state index contributed by atoms with van der Waals surface area (Å²) in [5.41, 5.74) is 3.48. The normalized spacial score (nSPS) is 11.0. The average Bonchev–Trinajstić information content (AvgIpc) is 3.04. The highest BCUT2D eigenvalue weighted by Crippen LogP contribution is 2.22. The predicted molar refractivity (Wildman–Crippen MR) is 112 cm³/mol. The highest BCUT2D eigenvalue weighted by Gasteiger charge is 2.13. The number of amides is 2. The summed E-state index contributed by atoms with van der Waals surface area (Å²) in [6.45, 7) is 6.60. The number of aryl methyl sites for hydroxylation is 1. The molecule has 2 aromatic carbocycles. The lowest BCUT2D eigenvalue weighted by Gasteiger charge is -2.11. The number of fused-ring (bicyclic) bond motifs is 1. The second-order valence-corrected chi connectivity index (χ2v) is 7.92. The highest BCUT2D eigenvalue weighted by atomic mass is 79.9. The molecule has 0 spiro atoms. The summed E-state index contributed by atoms with van der Waals surface area (Å²) in [7, 11) is 0. The molecule has 140 valence electrons. The van der Waals surface area contributed by atoms with E-state index in [1.165, 1.54) is 0 Å². The molecule has 3 N–H and O–H groups in total. The molecule has 0 bridgehead atoms. The smallest absolute Gasteiger partial charge is 0.272 e. The van der Waals surface area contributed by atoms with Gasteiger partial charge in [-0.15, -0.1) is 0 Å². The maximum atomic E-state index is 12.6. The molecule has 0 fully saturated rings. The SMILES string of the molecule is Cc1cc(C(=O)NCC(C)C)ccc1NC(=O)c1cc2ccc(Br)cc2[nH]1. The van der Waals surface area contributed by atoms with Crippen LogP contribution in [0.1, 0.15) is 40.3 Å². The number of carbonyl (C=O) groups excluding carboxylic acids is 2. The van der Waals surface area contributed by atoms with Gasteiger partial charge in [-0.25, -0.2) is 0 Å². The van der Waals surface area contributed by atoms with Crippen LogP contribution in [0, 0.1) is 12.8 Å². The molecule has 5 nitrogen and oxygen atoms in total. The molecule has 1 aromatic heterocycles. The van der Waals surface area contributed by atoms with Gasteiger partial charge >= 0.3 is 0 Å². The molecular weight excluding hydrogens is 406 g/mol. The number of nitrogens with one attached hydrogen (secondary N) is 3. The van der Waals surface area contributed by atoms with E-state index in [4.69, 9.17) is 0 Å². The number of anilines is 1. The van der Waals surface area contributed by atoms with Gasteiger partial charge in [-0.05, 0) is 54.8 Å². The minimum atomic E-state index is -0.220. The summed E-state index contributed by atoms with van der Waals surface area (Å²) in [6.07, 6.45) is 0. The number of carbonyl (C=O) groups is 2. The predicted octanol–water partition coefficient (Wildman–Crippen LogP) is 4.88. The standard InChI is InChI=1S/C21H22BrN3O2/c1-12(2)11-23-20(26)15-5-7-17(13(3)8-15)25-21(27)19-9-14-4-6-16(22)10-18(14)24-19/h4-10,12,24H,11H2,1-3H3,(H,23,26)(H,25,27). The molecule has 6 heteroatoms. The van der Waals surface area contributed by atoms with E-state index in [0.29, 0.717) is 29.4 Å². The number of hydrogen-bond acceptors (Lipinski definition) is 2. The van der Waals surface area contributed by atoms with Crippen LogP contribution < -0.4 is 10.6 Å². The minimum absolute atomic E-state index is 0.106. The average molecular weight is 428 g/mol. The lowest BCUT2D eigenvalue weighted by atomic mass is 10.1. The molecule has 0 aliphatic carbocycles. The molecule has 0 aliphatic heterocycles. The third kappa shape index (κ3) is 4.57. The first kappa shape index (κ1) is 19.2. The Hall–Kier alpha value is -2.60. The van der Waals surface area contributed by atoms with Crippen LogP contribution in [0.25, 0.3) is 10.9 Å². The molecular formula is C21H22BrN3O2. The zero-order valence-corrected chi connectivity index (χ0v) is 17.1. The number of aromatic amines is 1. The van der Waals surface area contributed by atoms with E-state index < -0.39 is 0 Å². The van der Waals surface area contributed by atoms with Crippen LogP contribution in [0.5, 0.6) is 0 Å². The summed E-state index contributed by atoms with van der Waals surface area (Å²) >= 11 is 3.43. The van der Waals surface area contributed by atoms with Gasteiger partial charge in [0.15, 0.2) is 0 Å². The third-order valence-corrected chi connectivity index (χ3v) is 4.73. The Bertz CT molecular complexity index is 1010. The maximum Gasteiger partial charge on any atom is 0.272 e. The van der Waals surface area contributed by atoms with Crippen LogP contribution >= 0.6 is 15.9 Å². The van der Waals surface area contributed by atoms with Gasteiger partial charge in [-0.1, -0.05) is 35.8 Å². The molecule has 3 aromatic rings. The maximum absolute atomic E-state index is 12.6. The van der Waals surface area contributed by atoms with E-state index in [2.05, 4.69) is 31.5 Å². The summed E-state index contributed by atoms with van der Waals surface area (Å²) in [5, 5.41) is 6.77. The number of aromatic nitrogens is 1. The Morgan fingerprint density at radius 2 is 1.85 bits per heavy atom. The van der Waals surface area contributed by atoms with Crippen molar-refractivity contribution >= 4 is 44.3 Å². The third-order valence-electron chi connectivity index (χ3n) is 4.24. The van der Waals surface area contributed by atoms with E-state index in [1.807, 2.05) is 45.0 Å². The van der Waals surface area contributed by atoms with Gasteiger partial charge in [0, 0.05) is 33.2 Å². The Kier molecular flexibility index (Phi) is 5.65. The van der Waals surface area contributed by atoms with Gasteiger partial charge in [0.2, 0.25) is 0 Å². The molecule has 0 atom stereocenters. The van der Waals surface area contributed by atoms with E-state index >= 15 is 0 Å². The Morgan fingerprint density at radius 3 is 2.56 bits per heavy atom. The fourth-order valence-electron chi connectivity index (χ4n) is 2.76. The van der Waals surface area contributed by atoms with Gasteiger partial charge < -0.3 is 15.6 Å². The fourth-order valence-corrected chi connectivity index (χ4v) is 3.12. The van der Waals surface area contributed by atoms with Crippen LogP contribution in [-0.4, -0.2) is 23.3 Å². The molecule has 0 unspecified atom stereocenters. The summed E-state index contributed by atoms with van der Waals surface area (Å²) < 4.78 is 0.950. The molecule has 3 rings (SSSR count). The Balaban J connectivity index is 1.74. The van der Waals surface area contributed by atoms with Crippen LogP contribution in [0.4, 0.5) is 5.69 Å². The second-order valence-electron chi connectivity index (χ2n) is 7.00. The number of hydrogen-bond donors (Lipinski definition) is 3. The lowest BCUT2D eigenvalue weighted by Crippen LogP contribution is -2.27. The van der Waals surface area contributed by atoms with Crippen LogP contribution in [0.3, 0.4) is 0 Å². The van der Waals surface area contributed by atoms with Crippen molar-refractivity contribution in [2.45, 2.75) is 20.8 Å². The quantitative estimate of drug-likeness (QED) is 0.542. The number of halogens is 1. The highest BCUT2D eigenvalue weighted by molar-refractivity contribution is 9.10. The van der Waals surface area contributed by atoms with Crippen molar-refractivity contribution in [2.75, 3.05) is 11.9 Å². The first-order valence-electron chi connectivity index (χ1n) is 8.82. The van der Waals surface area contributed by atoms with Crippen molar-refractivity contribution in [3.05, 3.63) is 63.8 Å². The monoisotopic (exact) mass is 427 g/mol. The largest absolute Gasteiger partial charge is 0.352 e. The minimum Gasteiger partial charge on any atom is -0.352 e. The van der Waals surface area contributed by atoms with E-state index in [1.54, 1.807) is 18.2 Å². The van der Waals surface area contributed by atoms with Gasteiger partial charge in [0.1, 0.15) is 5.69 Å². The summed E-state index contributed by atoms with van der Waals surface area (Å²) in [6, 6.07) is 12.9. The Morgan fingerprint density at radius 1 is 1.07 bits per heavy atom. The number of rotatable bonds is 5. The van der Waals surface area contributed by atoms with Crippen molar-refractivity contribution in [1.29, 1.82) is 0 Å². The topological polar surface area (TPSA) is 74.0 Å². The van der Waals surface area contributed by atoms with E-state index in [9.17, 15) is 9.59 Å². The molecule has 27 heavy (non-hydrogen) atoms. The van der Waals surface area contributed by atoms with Crippen molar-refractivity contribution in [3.63, 3.8) is 0 Å². The number of H-pyrrole nitrogens is 1. The molecule has 0 aliphatic rings. The molecule has 0 saturated heterocycles. The van der Waals surface area contributed by atoms with Crippen LogP contribution in [0.15, 0.2) is 46.9 Å². The van der Waals surface area contributed by atoms with E-state index in [-0.39, 0.29) is 11.8 Å². The van der Waals surface area contributed by atoms with Gasteiger partial charge in [0.25, 0.3) is 11.8 Å².